The number of ketones is 1. The van der Waals surface area contributed by atoms with E-state index in [9.17, 15) is 14.4 Å². The molecule has 1 N–H and O–H groups in total. The van der Waals surface area contributed by atoms with Gasteiger partial charge in [-0.3, -0.25) is 9.59 Å². The predicted octanol–water partition coefficient (Wildman–Crippen LogP) is 1.48. The van der Waals surface area contributed by atoms with Crippen LogP contribution < -0.4 is 19.5 Å². The summed E-state index contributed by atoms with van der Waals surface area (Å²) in [6, 6.07) is 4.47. The molecule has 10 nitrogen and oxygen atoms in total. The molecule has 142 valence electrons. The van der Waals surface area contributed by atoms with E-state index in [1.54, 1.807) is 6.92 Å². The number of fused-ring (bicyclic) bond motifs is 1. The second-order valence-electron chi connectivity index (χ2n) is 5.58. The van der Waals surface area contributed by atoms with Gasteiger partial charge in [-0.15, -0.1) is 0 Å². The van der Waals surface area contributed by atoms with Crippen LogP contribution in [0.3, 0.4) is 0 Å². The molecule has 1 aromatic carbocycles. The Labute approximate surface area is 153 Å². The third kappa shape index (κ3) is 4.54. The molecular formula is C17H16N2O8. The Hall–Kier alpha value is -3.56. The Bertz CT molecular complexity index is 889. The van der Waals surface area contributed by atoms with E-state index in [2.05, 4.69) is 10.5 Å². The summed E-state index contributed by atoms with van der Waals surface area (Å²) in [7, 11) is 0. The van der Waals surface area contributed by atoms with Gasteiger partial charge < -0.3 is 28.8 Å². The zero-order chi connectivity index (χ0) is 19.4. The van der Waals surface area contributed by atoms with Crippen molar-refractivity contribution in [3.63, 3.8) is 0 Å². The number of anilines is 1. The highest BCUT2D eigenvalue weighted by molar-refractivity contribution is 6.05. The van der Waals surface area contributed by atoms with Crippen LogP contribution in [-0.2, 0) is 14.3 Å². The van der Waals surface area contributed by atoms with E-state index < -0.39 is 25.1 Å². The molecule has 27 heavy (non-hydrogen) atoms. The highest BCUT2D eigenvalue weighted by atomic mass is 16.7. The molecule has 0 spiro atoms. The van der Waals surface area contributed by atoms with Gasteiger partial charge in [0.25, 0.3) is 11.8 Å². The second kappa shape index (κ2) is 7.77. The van der Waals surface area contributed by atoms with Crippen molar-refractivity contribution in [3.05, 3.63) is 29.5 Å². The van der Waals surface area contributed by atoms with Crippen molar-refractivity contribution in [2.45, 2.75) is 13.8 Å². The topological polar surface area (TPSA) is 126 Å². The average Bonchev–Trinajstić information content (AvgIpc) is 3.25. The number of hydrogen-bond donors (Lipinski definition) is 1. The van der Waals surface area contributed by atoms with Crippen LogP contribution in [0, 0.1) is 6.92 Å². The number of carbonyl (C=O) groups excluding carboxylic acids is 3. The van der Waals surface area contributed by atoms with E-state index in [1.165, 1.54) is 25.1 Å². The number of Topliss-reactive ketones (excluding diaryl/α,β-unsaturated/α-hetero) is 1. The smallest absolute Gasteiger partial charge is 0.344 e. The van der Waals surface area contributed by atoms with Crippen LogP contribution >= 0.6 is 0 Å². The first kappa shape index (κ1) is 18.2. The van der Waals surface area contributed by atoms with Gasteiger partial charge in [-0.1, -0.05) is 0 Å². The molecule has 0 aliphatic carbocycles. The Morgan fingerprint density at radius 2 is 1.89 bits per heavy atom. The molecule has 0 saturated carbocycles. The number of aromatic nitrogens is 1. The maximum Gasteiger partial charge on any atom is 0.344 e. The summed E-state index contributed by atoms with van der Waals surface area (Å²) in [5.41, 5.74) is 0.491. The minimum Gasteiger partial charge on any atom is -0.463 e. The minimum absolute atomic E-state index is 0.0345. The normalized spacial score (nSPS) is 11.8. The van der Waals surface area contributed by atoms with E-state index >= 15 is 0 Å². The zero-order valence-electron chi connectivity index (χ0n) is 14.6. The number of nitrogens with zero attached hydrogens (tertiary/aromatic N) is 1. The molecule has 10 heteroatoms. The predicted molar refractivity (Wildman–Crippen MR) is 88.9 cm³/mol. The molecule has 2 heterocycles. The number of ether oxygens (including phenoxy) is 4. The van der Waals surface area contributed by atoms with Gasteiger partial charge in [0.2, 0.25) is 6.79 Å². The van der Waals surface area contributed by atoms with Gasteiger partial charge in [-0.2, -0.15) is 0 Å². The Kier molecular flexibility index (Phi) is 5.25. The van der Waals surface area contributed by atoms with Crippen molar-refractivity contribution in [1.29, 1.82) is 0 Å². The summed E-state index contributed by atoms with van der Waals surface area (Å²) in [6.07, 6.45) is 0. The van der Waals surface area contributed by atoms with Gasteiger partial charge in [-0.25, -0.2) is 4.79 Å². The number of rotatable bonds is 7. The number of carbonyl (C=O) groups is 3. The van der Waals surface area contributed by atoms with Crippen molar-refractivity contribution in [1.82, 2.24) is 5.16 Å². The monoisotopic (exact) mass is 376 g/mol. The highest BCUT2D eigenvalue weighted by Crippen LogP contribution is 2.37. The number of esters is 1. The lowest BCUT2D eigenvalue weighted by Gasteiger charge is -2.11. The van der Waals surface area contributed by atoms with Crippen molar-refractivity contribution < 1.29 is 37.9 Å². The summed E-state index contributed by atoms with van der Waals surface area (Å²) < 4.78 is 25.1. The molecule has 0 radical (unpaired) electrons. The lowest BCUT2D eigenvalue weighted by atomic mass is 10.1. The SMILES string of the molecule is CC(=O)c1cc2c(cc1NC(=O)COC(=O)COc1cc(C)on1)OCO2. The lowest BCUT2D eigenvalue weighted by Crippen LogP contribution is -2.24. The average molecular weight is 376 g/mol. The summed E-state index contributed by atoms with van der Waals surface area (Å²) in [5, 5.41) is 6.07. The van der Waals surface area contributed by atoms with Crippen molar-refractivity contribution in [2.75, 3.05) is 25.3 Å². The Balaban J connectivity index is 1.53. The molecule has 1 aromatic heterocycles. The van der Waals surface area contributed by atoms with Crippen molar-refractivity contribution >= 4 is 23.3 Å². The number of aryl methyl sites for hydroxylation is 1. The number of nitrogens with one attached hydrogen (secondary N) is 1. The fraction of sp³-hybridized carbons (Fsp3) is 0.294. The molecular weight excluding hydrogens is 360 g/mol. The molecule has 1 amide bonds. The molecule has 1 aliphatic heterocycles. The number of amides is 1. The number of hydrogen-bond acceptors (Lipinski definition) is 9. The van der Waals surface area contributed by atoms with Crippen LogP contribution in [0.5, 0.6) is 17.4 Å². The lowest BCUT2D eigenvalue weighted by molar-refractivity contribution is -0.149. The Morgan fingerprint density at radius 1 is 1.15 bits per heavy atom. The van der Waals surface area contributed by atoms with E-state index in [1.807, 2.05) is 0 Å². The van der Waals surface area contributed by atoms with Gasteiger partial charge >= 0.3 is 5.97 Å². The summed E-state index contributed by atoms with van der Waals surface area (Å²) in [4.78, 5) is 35.4. The fourth-order valence-corrected chi connectivity index (χ4v) is 2.26. The van der Waals surface area contributed by atoms with Gasteiger partial charge in [0, 0.05) is 17.7 Å². The summed E-state index contributed by atoms with van der Waals surface area (Å²) in [5.74, 6) is -0.154. The molecule has 0 bridgehead atoms. The molecule has 3 rings (SSSR count). The summed E-state index contributed by atoms with van der Waals surface area (Å²) >= 11 is 0. The third-order valence-corrected chi connectivity index (χ3v) is 3.47. The van der Waals surface area contributed by atoms with E-state index in [-0.39, 0.29) is 29.7 Å². The standard InChI is InChI=1S/C17H16N2O8/c1-9-3-16(19-27-9)23-7-17(22)24-6-15(21)18-12-5-14-13(25-8-26-14)4-11(12)10(2)20/h3-5H,6-8H2,1-2H3,(H,18,21). The van der Waals surface area contributed by atoms with Gasteiger partial charge in [0.1, 0.15) is 5.76 Å². The largest absolute Gasteiger partial charge is 0.463 e. The van der Waals surface area contributed by atoms with Crippen molar-refractivity contribution in [2.24, 2.45) is 0 Å². The zero-order valence-corrected chi connectivity index (χ0v) is 14.6. The van der Waals surface area contributed by atoms with Crippen LogP contribution in [0.1, 0.15) is 23.0 Å². The molecule has 0 saturated heterocycles. The van der Waals surface area contributed by atoms with E-state index in [0.717, 1.165) is 0 Å². The first-order chi connectivity index (χ1) is 12.9. The molecule has 1 aliphatic rings. The second-order valence-corrected chi connectivity index (χ2v) is 5.58. The molecule has 0 unspecified atom stereocenters. The van der Waals surface area contributed by atoms with Crippen LogP contribution in [0.2, 0.25) is 0 Å². The summed E-state index contributed by atoms with van der Waals surface area (Å²) in [6.45, 7) is 2.09. The maximum atomic E-state index is 12.0. The molecule has 2 aromatic rings. The minimum atomic E-state index is -0.761. The van der Waals surface area contributed by atoms with E-state index in [0.29, 0.717) is 17.3 Å². The van der Waals surface area contributed by atoms with Crippen LogP contribution in [-0.4, -0.2) is 42.8 Å². The van der Waals surface area contributed by atoms with E-state index in [4.69, 9.17) is 23.5 Å². The van der Waals surface area contributed by atoms with Gasteiger partial charge in [0.15, 0.2) is 30.5 Å². The van der Waals surface area contributed by atoms with Gasteiger partial charge in [-0.05, 0) is 25.1 Å². The van der Waals surface area contributed by atoms with Crippen LogP contribution in [0.15, 0.2) is 22.7 Å². The highest BCUT2D eigenvalue weighted by Gasteiger charge is 2.20. The first-order valence-corrected chi connectivity index (χ1v) is 7.88. The van der Waals surface area contributed by atoms with Gasteiger partial charge in [0.05, 0.1) is 5.69 Å². The quantitative estimate of drug-likeness (QED) is 0.564. The van der Waals surface area contributed by atoms with Crippen molar-refractivity contribution in [3.8, 4) is 17.4 Å². The Morgan fingerprint density at radius 3 is 2.56 bits per heavy atom. The first-order valence-electron chi connectivity index (χ1n) is 7.88. The van der Waals surface area contributed by atoms with Crippen LogP contribution in [0.25, 0.3) is 0 Å². The van der Waals surface area contributed by atoms with Crippen LogP contribution in [0.4, 0.5) is 5.69 Å². The fourth-order valence-electron chi connectivity index (χ4n) is 2.26. The maximum absolute atomic E-state index is 12.0. The number of benzene rings is 1. The molecule has 0 atom stereocenters. The third-order valence-electron chi connectivity index (χ3n) is 3.47. The molecule has 0 fully saturated rings.